The van der Waals surface area contributed by atoms with Crippen LogP contribution in [0, 0.1) is 0 Å². The molecule has 27 heavy (non-hydrogen) atoms. The lowest BCUT2D eigenvalue weighted by Gasteiger charge is -2.35. The van der Waals surface area contributed by atoms with Crippen LogP contribution in [-0.2, 0) is 11.3 Å². The lowest BCUT2D eigenvalue weighted by molar-refractivity contribution is -0.127. The predicted molar refractivity (Wildman–Crippen MR) is 112 cm³/mol. The van der Waals surface area contributed by atoms with Crippen molar-refractivity contribution in [2.75, 3.05) is 40.3 Å². The van der Waals surface area contributed by atoms with Gasteiger partial charge in [-0.05, 0) is 31.4 Å². The number of likely N-dealkylation sites (tertiary alicyclic amines) is 1. The molecule has 2 N–H and O–H groups in total. The highest BCUT2D eigenvalue weighted by atomic mass is 16.2. The van der Waals surface area contributed by atoms with Crippen LogP contribution in [0.4, 0.5) is 0 Å². The molecule has 1 heterocycles. The van der Waals surface area contributed by atoms with Crippen LogP contribution in [0.1, 0.15) is 38.2 Å². The SMILES string of the molecule is CCC1CCCCN1CCNC(=NCc1ccccc1)NCC(=O)N(C)C. The van der Waals surface area contributed by atoms with Crippen molar-refractivity contribution in [3.8, 4) is 0 Å². The van der Waals surface area contributed by atoms with Gasteiger partial charge in [-0.1, -0.05) is 43.7 Å². The molecule has 1 aliphatic heterocycles. The Morgan fingerprint density at radius 3 is 2.70 bits per heavy atom. The number of benzene rings is 1. The molecule has 1 atom stereocenters. The fourth-order valence-corrected chi connectivity index (χ4v) is 3.38. The van der Waals surface area contributed by atoms with Gasteiger partial charge in [-0.15, -0.1) is 0 Å². The molecule has 0 saturated carbocycles. The van der Waals surface area contributed by atoms with Gasteiger partial charge in [0, 0.05) is 33.2 Å². The van der Waals surface area contributed by atoms with Crippen LogP contribution < -0.4 is 10.6 Å². The monoisotopic (exact) mass is 373 g/mol. The van der Waals surface area contributed by atoms with Crippen LogP contribution in [0.5, 0.6) is 0 Å². The van der Waals surface area contributed by atoms with E-state index in [-0.39, 0.29) is 12.5 Å². The zero-order valence-electron chi connectivity index (χ0n) is 17.1. The van der Waals surface area contributed by atoms with E-state index in [0.717, 1.165) is 18.7 Å². The Bertz CT molecular complexity index is 587. The average Bonchev–Trinajstić information content (AvgIpc) is 2.70. The molecule has 1 unspecified atom stereocenters. The Hall–Kier alpha value is -2.08. The van der Waals surface area contributed by atoms with Crippen LogP contribution >= 0.6 is 0 Å². The maximum Gasteiger partial charge on any atom is 0.241 e. The topological polar surface area (TPSA) is 60.0 Å². The minimum atomic E-state index is 0.0336. The predicted octanol–water partition coefficient (Wildman–Crippen LogP) is 2.07. The second-order valence-corrected chi connectivity index (χ2v) is 7.31. The standard InChI is InChI=1S/C21H35N5O/c1-4-19-12-8-9-14-26(19)15-13-22-21(24-17-20(27)25(2)3)23-16-18-10-6-5-7-11-18/h5-7,10-11,19H,4,8-9,12-17H2,1-3H3,(H2,22,23,24). The summed E-state index contributed by atoms with van der Waals surface area (Å²) in [5.74, 6) is 0.727. The van der Waals surface area contributed by atoms with Gasteiger partial charge in [0.05, 0.1) is 13.1 Å². The molecule has 0 aliphatic carbocycles. The van der Waals surface area contributed by atoms with Gasteiger partial charge >= 0.3 is 0 Å². The average molecular weight is 374 g/mol. The fraction of sp³-hybridized carbons (Fsp3) is 0.619. The maximum absolute atomic E-state index is 11.9. The summed E-state index contributed by atoms with van der Waals surface area (Å²) in [6.07, 6.45) is 5.16. The second-order valence-electron chi connectivity index (χ2n) is 7.31. The van der Waals surface area contributed by atoms with Gasteiger partial charge < -0.3 is 15.5 Å². The van der Waals surface area contributed by atoms with Crippen molar-refractivity contribution in [2.45, 2.75) is 45.2 Å². The van der Waals surface area contributed by atoms with Gasteiger partial charge in [0.25, 0.3) is 0 Å². The molecule has 0 bridgehead atoms. The first-order valence-corrected chi connectivity index (χ1v) is 10.1. The van der Waals surface area contributed by atoms with Crippen molar-refractivity contribution in [2.24, 2.45) is 4.99 Å². The first kappa shape index (κ1) is 21.2. The molecule has 6 heteroatoms. The van der Waals surface area contributed by atoms with Crippen molar-refractivity contribution < 1.29 is 4.79 Å². The normalized spacial score (nSPS) is 18.2. The van der Waals surface area contributed by atoms with Crippen molar-refractivity contribution in [1.29, 1.82) is 0 Å². The Balaban J connectivity index is 1.89. The third-order valence-corrected chi connectivity index (χ3v) is 5.08. The molecule has 1 saturated heterocycles. The quantitative estimate of drug-likeness (QED) is 0.541. The number of nitrogens with zero attached hydrogens (tertiary/aromatic N) is 3. The number of hydrogen-bond acceptors (Lipinski definition) is 3. The molecule has 1 fully saturated rings. The highest BCUT2D eigenvalue weighted by Gasteiger charge is 2.20. The van der Waals surface area contributed by atoms with E-state index in [1.807, 2.05) is 18.2 Å². The second kappa shape index (κ2) is 11.6. The number of aliphatic imine (C=N–C) groups is 1. The summed E-state index contributed by atoms with van der Waals surface area (Å²) in [5, 5.41) is 6.57. The zero-order chi connectivity index (χ0) is 19.5. The van der Waals surface area contributed by atoms with Crippen LogP contribution in [-0.4, -0.2) is 68.0 Å². The Morgan fingerprint density at radius 2 is 2.00 bits per heavy atom. The van der Waals surface area contributed by atoms with E-state index < -0.39 is 0 Å². The number of rotatable bonds is 8. The van der Waals surface area contributed by atoms with E-state index in [1.54, 1.807) is 19.0 Å². The largest absolute Gasteiger partial charge is 0.355 e. The minimum Gasteiger partial charge on any atom is -0.355 e. The third-order valence-electron chi connectivity index (χ3n) is 5.08. The van der Waals surface area contributed by atoms with E-state index >= 15 is 0 Å². The summed E-state index contributed by atoms with van der Waals surface area (Å²) in [6.45, 7) is 6.13. The molecule has 0 aromatic heterocycles. The van der Waals surface area contributed by atoms with Crippen molar-refractivity contribution in [3.63, 3.8) is 0 Å². The summed E-state index contributed by atoms with van der Waals surface area (Å²) >= 11 is 0. The molecular weight excluding hydrogens is 338 g/mol. The number of amides is 1. The van der Waals surface area contributed by atoms with Crippen molar-refractivity contribution in [3.05, 3.63) is 35.9 Å². The summed E-state index contributed by atoms with van der Waals surface area (Å²) in [7, 11) is 3.53. The van der Waals surface area contributed by atoms with Crippen LogP contribution in [0.2, 0.25) is 0 Å². The highest BCUT2D eigenvalue weighted by Crippen LogP contribution is 2.18. The summed E-state index contributed by atoms with van der Waals surface area (Å²) < 4.78 is 0. The van der Waals surface area contributed by atoms with Crippen molar-refractivity contribution in [1.82, 2.24) is 20.4 Å². The molecule has 1 aromatic carbocycles. The van der Waals surface area contributed by atoms with E-state index in [9.17, 15) is 4.79 Å². The van der Waals surface area contributed by atoms with E-state index in [0.29, 0.717) is 18.5 Å². The van der Waals surface area contributed by atoms with Crippen LogP contribution in [0.25, 0.3) is 0 Å². The number of piperidine rings is 1. The molecule has 150 valence electrons. The first-order valence-electron chi connectivity index (χ1n) is 10.1. The molecule has 1 amide bonds. The smallest absolute Gasteiger partial charge is 0.241 e. The first-order chi connectivity index (χ1) is 13.1. The molecule has 0 spiro atoms. The number of guanidine groups is 1. The number of hydrogen-bond donors (Lipinski definition) is 2. The lowest BCUT2D eigenvalue weighted by atomic mass is 10.0. The maximum atomic E-state index is 11.9. The van der Waals surface area contributed by atoms with Gasteiger partial charge in [-0.25, -0.2) is 4.99 Å². The van der Waals surface area contributed by atoms with Gasteiger partial charge in [0.15, 0.2) is 5.96 Å². The Morgan fingerprint density at radius 1 is 1.22 bits per heavy atom. The van der Waals surface area contributed by atoms with Crippen molar-refractivity contribution >= 4 is 11.9 Å². The van der Waals surface area contributed by atoms with E-state index in [1.165, 1.54) is 32.2 Å². The molecule has 6 nitrogen and oxygen atoms in total. The van der Waals surface area contributed by atoms with Gasteiger partial charge in [-0.2, -0.15) is 0 Å². The molecule has 0 radical (unpaired) electrons. The number of carbonyl (C=O) groups excluding carboxylic acids is 1. The number of likely N-dealkylation sites (N-methyl/N-ethyl adjacent to an activating group) is 1. The van der Waals surface area contributed by atoms with Crippen LogP contribution in [0.3, 0.4) is 0 Å². The summed E-state index contributed by atoms with van der Waals surface area (Å²) in [5.41, 5.74) is 1.15. The fourth-order valence-electron chi connectivity index (χ4n) is 3.38. The van der Waals surface area contributed by atoms with Gasteiger partial charge in [0.1, 0.15) is 0 Å². The van der Waals surface area contributed by atoms with E-state index in [2.05, 4.69) is 39.6 Å². The highest BCUT2D eigenvalue weighted by molar-refractivity contribution is 5.86. The molecule has 2 rings (SSSR count). The van der Waals surface area contributed by atoms with Gasteiger partial charge in [-0.3, -0.25) is 9.69 Å². The van der Waals surface area contributed by atoms with Crippen LogP contribution in [0.15, 0.2) is 35.3 Å². The van der Waals surface area contributed by atoms with E-state index in [4.69, 9.17) is 0 Å². The number of carbonyl (C=O) groups is 1. The summed E-state index contributed by atoms with van der Waals surface area (Å²) in [6, 6.07) is 10.9. The number of nitrogens with one attached hydrogen (secondary N) is 2. The molecule has 1 aromatic rings. The summed E-state index contributed by atoms with van der Waals surface area (Å²) in [4.78, 5) is 20.7. The third kappa shape index (κ3) is 7.59. The molecular formula is C21H35N5O. The van der Waals surface area contributed by atoms with Gasteiger partial charge in [0.2, 0.25) is 5.91 Å². The minimum absolute atomic E-state index is 0.0336. The lowest BCUT2D eigenvalue weighted by Crippen LogP contribution is -2.47. The Kier molecular flexibility index (Phi) is 9.11. The Labute approximate surface area is 164 Å². The molecule has 1 aliphatic rings. The zero-order valence-corrected chi connectivity index (χ0v) is 17.1.